The van der Waals surface area contributed by atoms with Gasteiger partial charge in [-0.3, -0.25) is 4.79 Å². The molecule has 1 N–H and O–H groups in total. The number of rotatable bonds is 12. The molecule has 1 aromatic carbocycles. The van der Waals surface area contributed by atoms with Crippen LogP contribution in [-0.4, -0.2) is 18.0 Å². The lowest BCUT2D eigenvalue weighted by atomic mass is 9.95. The third-order valence-corrected chi connectivity index (χ3v) is 5.54. The van der Waals surface area contributed by atoms with Crippen LogP contribution < -0.4 is 0 Å². The van der Waals surface area contributed by atoms with E-state index in [1.807, 2.05) is 26.0 Å². The van der Waals surface area contributed by atoms with Crippen LogP contribution in [0.1, 0.15) is 124 Å². The molecule has 2 nitrogen and oxygen atoms in total. The summed E-state index contributed by atoms with van der Waals surface area (Å²) in [5.41, 5.74) is 4.98. The monoisotopic (exact) mass is 474 g/mol. The second-order valence-corrected chi connectivity index (χ2v) is 9.23. The molecule has 2 heteroatoms. The maximum absolute atomic E-state index is 11.3. The van der Waals surface area contributed by atoms with Crippen LogP contribution >= 0.6 is 0 Å². The Bertz CT molecular complexity index is 613. The zero-order valence-corrected chi connectivity index (χ0v) is 24.5. The molecule has 0 aliphatic heterocycles. The Kier molecular flexibility index (Phi) is 29.9. The van der Waals surface area contributed by atoms with Crippen LogP contribution in [0.3, 0.4) is 0 Å². The zero-order chi connectivity index (χ0) is 26.8. The molecule has 198 valence electrons. The summed E-state index contributed by atoms with van der Waals surface area (Å²) >= 11 is 0. The van der Waals surface area contributed by atoms with Gasteiger partial charge < -0.3 is 5.11 Å². The summed E-state index contributed by atoms with van der Waals surface area (Å²) < 4.78 is 0. The lowest BCUT2D eigenvalue weighted by Gasteiger charge is -2.09. The zero-order valence-electron chi connectivity index (χ0n) is 24.5. The maximum atomic E-state index is 11.3. The summed E-state index contributed by atoms with van der Waals surface area (Å²) in [5.74, 6) is 0.556. The number of unbranched alkanes of at least 4 members (excludes halogenated alkanes) is 6. The summed E-state index contributed by atoms with van der Waals surface area (Å²) in [7, 11) is 1.00. The lowest BCUT2D eigenvalue weighted by Crippen LogP contribution is -2.06. The van der Waals surface area contributed by atoms with Gasteiger partial charge in [-0.2, -0.15) is 0 Å². The average molecular weight is 475 g/mol. The lowest BCUT2D eigenvalue weighted by molar-refractivity contribution is -0.114. The minimum absolute atomic E-state index is 0.187. The number of allylic oxidation sites excluding steroid dienone is 4. The quantitative estimate of drug-likeness (QED) is 0.186. The van der Waals surface area contributed by atoms with Crippen LogP contribution in [0, 0.1) is 12.8 Å². The smallest absolute Gasteiger partial charge is 0.156 e. The molecule has 0 bridgehead atoms. The van der Waals surface area contributed by atoms with Crippen molar-refractivity contribution in [1.29, 1.82) is 0 Å². The van der Waals surface area contributed by atoms with Crippen molar-refractivity contribution in [2.24, 2.45) is 5.92 Å². The average Bonchev–Trinajstić information content (AvgIpc) is 2.83. The molecule has 0 heterocycles. The molecule has 1 rings (SSSR count). The number of hydrogen-bond acceptors (Lipinski definition) is 2. The van der Waals surface area contributed by atoms with Crippen LogP contribution in [-0.2, 0) is 11.2 Å². The Morgan fingerprint density at radius 1 is 0.794 bits per heavy atom. The number of carbonyl (C=O) groups excluding carboxylic acids is 1. The molecule has 0 saturated heterocycles. The van der Waals surface area contributed by atoms with Crippen molar-refractivity contribution in [2.45, 2.75) is 127 Å². The van der Waals surface area contributed by atoms with Crippen molar-refractivity contribution < 1.29 is 9.90 Å². The van der Waals surface area contributed by atoms with Crippen molar-refractivity contribution in [3.63, 3.8) is 0 Å². The highest BCUT2D eigenvalue weighted by molar-refractivity contribution is 5.94. The van der Waals surface area contributed by atoms with Gasteiger partial charge in [0.25, 0.3) is 0 Å². The van der Waals surface area contributed by atoms with E-state index in [9.17, 15) is 4.79 Å². The molecule has 0 saturated carbocycles. The van der Waals surface area contributed by atoms with E-state index >= 15 is 0 Å². The fourth-order valence-electron chi connectivity index (χ4n) is 3.09. The Hall–Kier alpha value is -1.67. The van der Waals surface area contributed by atoms with Crippen LogP contribution in [0.25, 0.3) is 0 Å². The van der Waals surface area contributed by atoms with Crippen molar-refractivity contribution in [1.82, 2.24) is 0 Å². The predicted octanol–water partition coefficient (Wildman–Crippen LogP) is 9.83. The molecule has 0 aliphatic carbocycles. The van der Waals surface area contributed by atoms with Crippen molar-refractivity contribution in [3.05, 3.63) is 58.7 Å². The third kappa shape index (κ3) is 25.0. The fourth-order valence-corrected chi connectivity index (χ4v) is 3.09. The minimum Gasteiger partial charge on any atom is -0.400 e. The van der Waals surface area contributed by atoms with Gasteiger partial charge in [-0.1, -0.05) is 127 Å². The number of aryl methyl sites for hydroxylation is 2. The number of aliphatic hydroxyl groups is 1. The van der Waals surface area contributed by atoms with E-state index in [2.05, 4.69) is 65.8 Å². The van der Waals surface area contributed by atoms with Crippen LogP contribution in [0.5, 0.6) is 0 Å². The summed E-state index contributed by atoms with van der Waals surface area (Å²) in [6.45, 7) is 18.8. The first-order valence-corrected chi connectivity index (χ1v) is 13.6. The Morgan fingerprint density at radius 3 is 1.62 bits per heavy atom. The molecule has 0 aliphatic rings. The number of Topliss-reactive ketones (excluding diaryl/α,β-unsaturated/α-hetero) is 1. The summed E-state index contributed by atoms with van der Waals surface area (Å²) in [4.78, 5) is 11.3. The first-order valence-electron chi connectivity index (χ1n) is 13.6. The molecule has 0 fully saturated rings. The molecule has 0 amide bonds. The fraction of sp³-hybridized carbons (Fsp3) is 0.656. The Balaban J connectivity index is -0.000000419. The van der Waals surface area contributed by atoms with E-state index in [4.69, 9.17) is 5.11 Å². The number of aliphatic hydroxyl groups excluding tert-OH is 1. The van der Waals surface area contributed by atoms with Gasteiger partial charge in [0, 0.05) is 7.11 Å². The Morgan fingerprint density at radius 2 is 1.26 bits per heavy atom. The van der Waals surface area contributed by atoms with Crippen LogP contribution in [0.4, 0.5) is 0 Å². The number of carbonyl (C=O) groups is 1. The van der Waals surface area contributed by atoms with Gasteiger partial charge in [-0.15, -0.1) is 0 Å². The second kappa shape index (κ2) is 27.6. The second-order valence-electron chi connectivity index (χ2n) is 9.23. The highest BCUT2D eigenvalue weighted by Gasteiger charge is 2.09. The van der Waals surface area contributed by atoms with E-state index in [1.165, 1.54) is 74.5 Å². The van der Waals surface area contributed by atoms with Crippen LogP contribution in [0.2, 0.25) is 0 Å². The number of hydrogen-bond donors (Lipinski definition) is 1. The highest BCUT2D eigenvalue weighted by Crippen LogP contribution is 2.15. The summed E-state index contributed by atoms with van der Waals surface area (Å²) in [5, 5.41) is 7.00. The van der Waals surface area contributed by atoms with Gasteiger partial charge in [0.05, 0.1) is 0 Å². The molecular weight excluding hydrogens is 416 g/mol. The van der Waals surface area contributed by atoms with Crippen LogP contribution in [0.15, 0.2) is 47.6 Å². The van der Waals surface area contributed by atoms with Gasteiger partial charge >= 0.3 is 0 Å². The maximum Gasteiger partial charge on any atom is 0.156 e. The van der Waals surface area contributed by atoms with E-state index in [0.29, 0.717) is 5.92 Å². The van der Waals surface area contributed by atoms with Crippen molar-refractivity contribution >= 4 is 5.78 Å². The topological polar surface area (TPSA) is 37.3 Å². The van der Waals surface area contributed by atoms with Crippen molar-refractivity contribution in [3.8, 4) is 0 Å². The molecule has 1 aromatic rings. The predicted molar refractivity (Wildman–Crippen MR) is 155 cm³/mol. The van der Waals surface area contributed by atoms with E-state index in [-0.39, 0.29) is 5.78 Å². The molecule has 34 heavy (non-hydrogen) atoms. The van der Waals surface area contributed by atoms with E-state index < -0.39 is 0 Å². The number of ketones is 1. The first-order chi connectivity index (χ1) is 16.2. The SMILES string of the molecule is CCC(C)/C(=C\C=C(C)C)C(C)=O.CCCCCCCC.CCCCc1ccc(C)cc1.CO. The molecule has 0 spiro atoms. The minimum atomic E-state index is 0.187. The molecular formula is C32H58O2. The van der Waals surface area contributed by atoms with Gasteiger partial charge in [0.2, 0.25) is 0 Å². The van der Waals surface area contributed by atoms with Gasteiger partial charge in [-0.05, 0) is 64.0 Å². The summed E-state index contributed by atoms with van der Waals surface area (Å²) in [6.07, 6.45) is 17.3. The standard InChI is InChI=1S/C12H20O.C11H16.C8H18.CH4O/c1-6-10(4)12(11(5)13)8-7-9(2)3;1-3-4-5-11-8-6-10(2)7-9-11;1-3-5-7-8-6-4-2;1-2/h7-8,10H,6H2,1-5H3;6-9H,3-5H2,1-2H3;3-8H2,1-2H3;2H,1H3/b12-8+;;;. The first kappa shape index (κ1) is 36.9. The highest BCUT2D eigenvalue weighted by atomic mass is 16.2. The molecule has 1 unspecified atom stereocenters. The normalized spacial score (nSPS) is 11.0. The molecule has 1 atom stereocenters. The number of benzene rings is 1. The van der Waals surface area contributed by atoms with E-state index in [0.717, 1.165) is 19.1 Å². The van der Waals surface area contributed by atoms with E-state index in [1.54, 1.807) is 6.92 Å². The largest absolute Gasteiger partial charge is 0.400 e. The summed E-state index contributed by atoms with van der Waals surface area (Å²) in [6, 6.07) is 8.83. The molecule has 0 aromatic heterocycles. The molecule has 0 radical (unpaired) electrons. The Labute approximate surface area is 214 Å². The van der Waals surface area contributed by atoms with Gasteiger partial charge in [0.15, 0.2) is 5.78 Å². The van der Waals surface area contributed by atoms with Gasteiger partial charge in [0.1, 0.15) is 0 Å². The van der Waals surface area contributed by atoms with Crippen molar-refractivity contribution in [2.75, 3.05) is 7.11 Å². The van der Waals surface area contributed by atoms with Gasteiger partial charge in [-0.25, -0.2) is 0 Å². The third-order valence-electron chi connectivity index (χ3n) is 5.54.